The molecule has 2 aromatic carbocycles. The molecule has 1 aliphatic rings. The van der Waals surface area contributed by atoms with Crippen molar-refractivity contribution in [1.29, 1.82) is 0 Å². The number of carbonyl (C=O) groups is 4. The summed E-state index contributed by atoms with van der Waals surface area (Å²) >= 11 is 5.95. The lowest BCUT2D eigenvalue weighted by atomic mass is 9.95. The molecule has 2 aromatic rings. The molecule has 3 amide bonds. The quantitative estimate of drug-likeness (QED) is 0.494. The number of ether oxygens (including phenoxy) is 2. The Morgan fingerprint density at radius 2 is 1.82 bits per heavy atom. The fraction of sp³-hybridized carbons (Fsp3) is 0.250. The highest BCUT2D eigenvalue weighted by Gasteiger charge is 2.34. The standard InChI is InChI=1S/C24H24ClN3O6/c1-3-33-23(31)20-18(27-24(32)28-21(20)15-7-9-17(25)10-8-15)13-34-19(29)12-26-22(30)16-6-4-5-14(2)11-16/h4-11,21H,3,12-13H2,1-2H3,(H,26,30)(H2,27,28,32). The maximum absolute atomic E-state index is 12.7. The van der Waals surface area contributed by atoms with Crippen LogP contribution in [0.25, 0.3) is 0 Å². The first-order valence-corrected chi connectivity index (χ1v) is 10.9. The number of amides is 3. The first-order chi connectivity index (χ1) is 16.3. The third kappa shape index (κ3) is 6.35. The molecule has 178 valence electrons. The van der Waals surface area contributed by atoms with E-state index in [4.69, 9.17) is 21.1 Å². The van der Waals surface area contributed by atoms with Crippen LogP contribution in [0.2, 0.25) is 5.02 Å². The van der Waals surface area contributed by atoms with Crippen LogP contribution in [-0.4, -0.2) is 43.6 Å². The number of carbonyl (C=O) groups excluding carboxylic acids is 4. The molecule has 34 heavy (non-hydrogen) atoms. The Bertz CT molecular complexity index is 1130. The summed E-state index contributed by atoms with van der Waals surface area (Å²) in [7, 11) is 0. The lowest BCUT2D eigenvalue weighted by Crippen LogP contribution is -2.47. The molecule has 3 rings (SSSR count). The minimum absolute atomic E-state index is 0.0838. The topological polar surface area (TPSA) is 123 Å². The van der Waals surface area contributed by atoms with Crippen molar-refractivity contribution in [3.05, 3.63) is 81.5 Å². The van der Waals surface area contributed by atoms with E-state index in [9.17, 15) is 19.2 Å². The van der Waals surface area contributed by atoms with Crippen LogP contribution in [0, 0.1) is 6.92 Å². The number of esters is 2. The van der Waals surface area contributed by atoms with Crippen LogP contribution in [0.1, 0.15) is 34.5 Å². The molecule has 0 aromatic heterocycles. The molecule has 9 nitrogen and oxygen atoms in total. The fourth-order valence-corrected chi connectivity index (χ4v) is 3.46. The van der Waals surface area contributed by atoms with Gasteiger partial charge in [-0.3, -0.25) is 9.59 Å². The van der Waals surface area contributed by atoms with Gasteiger partial charge in [0, 0.05) is 10.6 Å². The predicted molar refractivity (Wildman–Crippen MR) is 124 cm³/mol. The van der Waals surface area contributed by atoms with E-state index in [1.165, 1.54) is 0 Å². The van der Waals surface area contributed by atoms with Gasteiger partial charge in [0.15, 0.2) is 0 Å². The molecule has 1 aliphatic heterocycles. The van der Waals surface area contributed by atoms with Crippen LogP contribution in [0.3, 0.4) is 0 Å². The molecule has 10 heteroatoms. The van der Waals surface area contributed by atoms with Crippen molar-refractivity contribution < 1.29 is 28.7 Å². The zero-order valence-corrected chi connectivity index (χ0v) is 19.4. The number of halogens is 1. The lowest BCUT2D eigenvalue weighted by molar-refractivity contribution is -0.142. The monoisotopic (exact) mass is 485 g/mol. The van der Waals surface area contributed by atoms with E-state index in [1.807, 2.05) is 13.0 Å². The third-order valence-electron chi connectivity index (χ3n) is 4.90. The molecule has 0 spiro atoms. The van der Waals surface area contributed by atoms with Crippen molar-refractivity contribution in [3.63, 3.8) is 0 Å². The largest absolute Gasteiger partial charge is 0.463 e. The average Bonchev–Trinajstić information content (AvgIpc) is 2.81. The van der Waals surface area contributed by atoms with Crippen molar-refractivity contribution >= 4 is 35.5 Å². The maximum atomic E-state index is 12.7. The van der Waals surface area contributed by atoms with E-state index >= 15 is 0 Å². The van der Waals surface area contributed by atoms with E-state index in [0.29, 0.717) is 16.1 Å². The molecule has 0 radical (unpaired) electrons. The molecule has 0 saturated heterocycles. The summed E-state index contributed by atoms with van der Waals surface area (Å²) in [6.07, 6.45) is 0. The second kappa shape index (κ2) is 11.3. The van der Waals surface area contributed by atoms with Gasteiger partial charge in [-0.25, -0.2) is 9.59 Å². The lowest BCUT2D eigenvalue weighted by Gasteiger charge is -2.29. The molecule has 3 N–H and O–H groups in total. The van der Waals surface area contributed by atoms with Crippen LogP contribution in [-0.2, 0) is 19.1 Å². The van der Waals surface area contributed by atoms with Gasteiger partial charge < -0.3 is 25.4 Å². The van der Waals surface area contributed by atoms with E-state index in [1.54, 1.807) is 49.4 Å². The Hall–Kier alpha value is -3.85. The molecule has 1 heterocycles. The minimum atomic E-state index is -0.834. The zero-order valence-electron chi connectivity index (χ0n) is 18.6. The summed E-state index contributed by atoms with van der Waals surface area (Å²) in [5.41, 5.74) is 2.10. The van der Waals surface area contributed by atoms with Gasteiger partial charge in [-0.2, -0.15) is 0 Å². The summed E-state index contributed by atoms with van der Waals surface area (Å²) in [4.78, 5) is 49.4. The normalized spacial score (nSPS) is 15.1. The molecule has 1 unspecified atom stereocenters. The van der Waals surface area contributed by atoms with Gasteiger partial charge in [0.1, 0.15) is 13.2 Å². The zero-order chi connectivity index (χ0) is 24.7. The van der Waals surface area contributed by atoms with Gasteiger partial charge in [0.25, 0.3) is 5.91 Å². The van der Waals surface area contributed by atoms with E-state index in [2.05, 4.69) is 16.0 Å². The summed E-state index contributed by atoms with van der Waals surface area (Å²) in [5, 5.41) is 8.16. The Kier molecular flexibility index (Phi) is 8.26. The molecule has 1 atom stereocenters. The van der Waals surface area contributed by atoms with Crippen LogP contribution in [0.5, 0.6) is 0 Å². The summed E-state index contributed by atoms with van der Waals surface area (Å²) in [6.45, 7) is 2.83. The Morgan fingerprint density at radius 3 is 2.50 bits per heavy atom. The average molecular weight is 486 g/mol. The molecular weight excluding hydrogens is 462 g/mol. The van der Waals surface area contributed by atoms with Crippen molar-refractivity contribution in [3.8, 4) is 0 Å². The van der Waals surface area contributed by atoms with Gasteiger partial charge in [-0.1, -0.05) is 41.4 Å². The van der Waals surface area contributed by atoms with Crippen LogP contribution in [0.15, 0.2) is 59.8 Å². The number of urea groups is 1. The van der Waals surface area contributed by atoms with Gasteiger partial charge in [-0.05, 0) is 43.7 Å². The Labute approximate surface area is 201 Å². The Balaban J connectivity index is 1.73. The number of nitrogens with one attached hydrogen (secondary N) is 3. The van der Waals surface area contributed by atoms with Crippen LogP contribution in [0.4, 0.5) is 4.79 Å². The smallest absolute Gasteiger partial charge is 0.338 e. The van der Waals surface area contributed by atoms with E-state index in [-0.39, 0.29) is 24.4 Å². The van der Waals surface area contributed by atoms with E-state index < -0.39 is 36.5 Å². The van der Waals surface area contributed by atoms with Gasteiger partial charge >= 0.3 is 18.0 Å². The second-order valence-electron chi connectivity index (χ2n) is 7.41. The van der Waals surface area contributed by atoms with Crippen molar-refractivity contribution in [2.75, 3.05) is 19.8 Å². The first-order valence-electron chi connectivity index (χ1n) is 10.5. The van der Waals surface area contributed by atoms with Gasteiger partial charge in [-0.15, -0.1) is 0 Å². The summed E-state index contributed by atoms with van der Waals surface area (Å²) in [6, 6.07) is 12.1. The summed E-state index contributed by atoms with van der Waals surface area (Å²) in [5.74, 6) is -1.84. The van der Waals surface area contributed by atoms with Gasteiger partial charge in [0.05, 0.1) is 23.9 Å². The second-order valence-corrected chi connectivity index (χ2v) is 7.85. The fourth-order valence-electron chi connectivity index (χ4n) is 3.33. The number of hydrogen-bond donors (Lipinski definition) is 3. The van der Waals surface area contributed by atoms with Crippen molar-refractivity contribution in [2.24, 2.45) is 0 Å². The molecular formula is C24H24ClN3O6. The van der Waals surface area contributed by atoms with Crippen LogP contribution >= 0.6 is 11.6 Å². The van der Waals surface area contributed by atoms with Crippen molar-refractivity contribution in [1.82, 2.24) is 16.0 Å². The SMILES string of the molecule is CCOC(=O)C1=C(COC(=O)CNC(=O)c2cccc(C)c2)NC(=O)NC1c1ccc(Cl)cc1. The number of hydrogen-bond acceptors (Lipinski definition) is 6. The minimum Gasteiger partial charge on any atom is -0.463 e. The molecule has 0 bridgehead atoms. The molecule has 0 saturated carbocycles. The first kappa shape index (κ1) is 24.8. The Morgan fingerprint density at radius 1 is 1.09 bits per heavy atom. The van der Waals surface area contributed by atoms with E-state index in [0.717, 1.165) is 5.56 Å². The number of aryl methyl sites for hydroxylation is 1. The van der Waals surface area contributed by atoms with Gasteiger partial charge in [0.2, 0.25) is 0 Å². The highest BCUT2D eigenvalue weighted by molar-refractivity contribution is 6.30. The summed E-state index contributed by atoms with van der Waals surface area (Å²) < 4.78 is 10.4. The highest BCUT2D eigenvalue weighted by Crippen LogP contribution is 2.28. The third-order valence-corrected chi connectivity index (χ3v) is 5.16. The van der Waals surface area contributed by atoms with Crippen LogP contribution < -0.4 is 16.0 Å². The number of rotatable bonds is 8. The molecule has 0 fully saturated rings. The maximum Gasteiger partial charge on any atom is 0.338 e. The number of benzene rings is 2. The predicted octanol–water partition coefficient (Wildman–Crippen LogP) is 2.79. The highest BCUT2D eigenvalue weighted by atomic mass is 35.5. The molecule has 0 aliphatic carbocycles. The van der Waals surface area contributed by atoms with Crippen molar-refractivity contribution in [2.45, 2.75) is 19.9 Å².